The van der Waals surface area contributed by atoms with Crippen molar-refractivity contribution in [2.75, 3.05) is 0 Å². The fourth-order valence-electron chi connectivity index (χ4n) is 5.92. The number of carbonyl (C=O) groups is 1. The zero-order valence-electron chi connectivity index (χ0n) is 12.0. The van der Waals surface area contributed by atoms with Crippen LogP contribution in [0.5, 0.6) is 0 Å². The maximum Gasteiger partial charge on any atom is 0.169 e. The van der Waals surface area contributed by atoms with Gasteiger partial charge in [-0.1, -0.05) is 19.1 Å². The van der Waals surface area contributed by atoms with E-state index in [0.717, 1.165) is 31.1 Å². The molecule has 0 spiro atoms. The Morgan fingerprint density at radius 2 is 1.90 bits per heavy atom. The van der Waals surface area contributed by atoms with Crippen molar-refractivity contribution < 1.29 is 9.18 Å². The standard InChI is InChI=1S/C18H21FO/c1-17-7-12-5-13(8-17)10-18(9-12,11-17)16(20)14-3-2-4-15(19)6-14/h2-4,6,12-13H,5,7-11H2,1H3. The topological polar surface area (TPSA) is 17.1 Å². The van der Waals surface area contributed by atoms with Crippen molar-refractivity contribution in [3.8, 4) is 0 Å². The highest BCUT2D eigenvalue weighted by atomic mass is 19.1. The second-order valence-electron chi connectivity index (χ2n) is 7.89. The number of rotatable bonds is 2. The molecule has 0 aliphatic heterocycles. The summed E-state index contributed by atoms with van der Waals surface area (Å²) in [5.41, 5.74) is 0.746. The first kappa shape index (κ1) is 12.6. The molecule has 0 amide bonds. The maximum absolute atomic E-state index is 13.4. The zero-order valence-corrected chi connectivity index (χ0v) is 12.0. The molecule has 5 rings (SSSR count). The molecule has 0 saturated heterocycles. The third-order valence-electron chi connectivity index (χ3n) is 5.92. The van der Waals surface area contributed by atoms with E-state index in [2.05, 4.69) is 6.92 Å². The van der Waals surface area contributed by atoms with Crippen LogP contribution < -0.4 is 0 Å². The normalized spacial score (nSPS) is 41.9. The number of hydrogen-bond acceptors (Lipinski definition) is 1. The van der Waals surface area contributed by atoms with Gasteiger partial charge in [0.25, 0.3) is 0 Å². The third-order valence-corrected chi connectivity index (χ3v) is 5.92. The van der Waals surface area contributed by atoms with Crippen LogP contribution in [-0.4, -0.2) is 5.78 Å². The highest BCUT2D eigenvalue weighted by molar-refractivity contribution is 6.00. The summed E-state index contributed by atoms with van der Waals surface area (Å²) in [5.74, 6) is 1.35. The minimum absolute atomic E-state index is 0.188. The van der Waals surface area contributed by atoms with Crippen LogP contribution in [0.15, 0.2) is 24.3 Å². The average Bonchev–Trinajstić information content (AvgIpc) is 2.35. The van der Waals surface area contributed by atoms with Gasteiger partial charge in [0.2, 0.25) is 0 Å². The molecule has 20 heavy (non-hydrogen) atoms. The van der Waals surface area contributed by atoms with Gasteiger partial charge in [-0.15, -0.1) is 0 Å². The van der Waals surface area contributed by atoms with Gasteiger partial charge >= 0.3 is 0 Å². The molecular weight excluding hydrogens is 251 g/mol. The molecule has 4 saturated carbocycles. The van der Waals surface area contributed by atoms with Gasteiger partial charge in [-0.3, -0.25) is 4.79 Å². The Morgan fingerprint density at radius 3 is 2.50 bits per heavy atom. The number of benzene rings is 1. The molecular formula is C18H21FO. The summed E-state index contributed by atoms with van der Waals surface area (Å²) in [6.45, 7) is 2.36. The molecule has 0 radical (unpaired) electrons. The first-order valence-corrected chi connectivity index (χ1v) is 7.79. The van der Waals surface area contributed by atoms with Crippen LogP contribution in [0.3, 0.4) is 0 Å². The molecule has 4 aliphatic carbocycles. The lowest BCUT2D eigenvalue weighted by Gasteiger charge is -2.60. The van der Waals surface area contributed by atoms with Gasteiger partial charge in [-0.05, 0) is 67.9 Å². The van der Waals surface area contributed by atoms with Gasteiger partial charge in [-0.2, -0.15) is 0 Å². The van der Waals surface area contributed by atoms with Crippen molar-refractivity contribution in [1.29, 1.82) is 0 Å². The second kappa shape index (κ2) is 3.93. The number of ketones is 1. The minimum Gasteiger partial charge on any atom is -0.294 e. The summed E-state index contributed by atoms with van der Waals surface area (Å²) in [4.78, 5) is 13.0. The molecule has 1 nitrogen and oxygen atoms in total. The molecule has 2 atom stereocenters. The highest BCUT2D eigenvalue weighted by Crippen LogP contribution is 2.65. The van der Waals surface area contributed by atoms with Crippen LogP contribution in [0.25, 0.3) is 0 Å². The van der Waals surface area contributed by atoms with Crippen molar-refractivity contribution >= 4 is 5.78 Å². The lowest BCUT2D eigenvalue weighted by atomic mass is 9.43. The largest absolute Gasteiger partial charge is 0.294 e. The zero-order chi connectivity index (χ0) is 14.0. The van der Waals surface area contributed by atoms with E-state index in [4.69, 9.17) is 0 Å². The average molecular weight is 272 g/mol. The summed E-state index contributed by atoms with van der Waals surface area (Å²) < 4.78 is 13.4. The van der Waals surface area contributed by atoms with E-state index in [1.807, 2.05) is 0 Å². The van der Waals surface area contributed by atoms with E-state index in [0.29, 0.717) is 11.0 Å². The minimum atomic E-state index is -0.299. The number of Topliss-reactive ketones (excluding diaryl/α,β-unsaturated/α-hetero) is 1. The van der Waals surface area contributed by atoms with E-state index in [1.165, 1.54) is 31.4 Å². The van der Waals surface area contributed by atoms with Crippen LogP contribution in [-0.2, 0) is 0 Å². The smallest absolute Gasteiger partial charge is 0.169 e. The number of hydrogen-bond donors (Lipinski definition) is 0. The fourth-order valence-corrected chi connectivity index (χ4v) is 5.92. The first-order chi connectivity index (χ1) is 9.48. The van der Waals surface area contributed by atoms with Crippen molar-refractivity contribution in [3.05, 3.63) is 35.6 Å². The van der Waals surface area contributed by atoms with Gasteiger partial charge in [-0.25, -0.2) is 4.39 Å². The number of carbonyl (C=O) groups excluding carboxylic acids is 1. The molecule has 1 aromatic rings. The van der Waals surface area contributed by atoms with Crippen LogP contribution in [0, 0.1) is 28.5 Å². The van der Waals surface area contributed by atoms with E-state index >= 15 is 0 Å². The molecule has 2 unspecified atom stereocenters. The molecule has 0 aromatic heterocycles. The van der Waals surface area contributed by atoms with E-state index in [9.17, 15) is 9.18 Å². The van der Waals surface area contributed by atoms with Crippen molar-refractivity contribution in [2.24, 2.45) is 22.7 Å². The monoisotopic (exact) mass is 272 g/mol. The fraction of sp³-hybridized carbons (Fsp3) is 0.611. The van der Waals surface area contributed by atoms with E-state index in [-0.39, 0.29) is 17.0 Å². The summed E-state index contributed by atoms with van der Waals surface area (Å²) in [6.07, 6.45) is 6.99. The van der Waals surface area contributed by atoms with Crippen LogP contribution >= 0.6 is 0 Å². The quantitative estimate of drug-likeness (QED) is 0.718. The van der Waals surface area contributed by atoms with Crippen LogP contribution in [0.4, 0.5) is 4.39 Å². The van der Waals surface area contributed by atoms with Crippen molar-refractivity contribution in [2.45, 2.75) is 45.4 Å². The molecule has 4 fully saturated rings. The summed E-state index contributed by atoms with van der Waals surface area (Å²) in [7, 11) is 0. The molecule has 0 N–H and O–H groups in total. The lowest BCUT2D eigenvalue weighted by molar-refractivity contribution is -0.0820. The van der Waals surface area contributed by atoms with Crippen LogP contribution in [0.2, 0.25) is 0 Å². The van der Waals surface area contributed by atoms with Gasteiger partial charge in [0.1, 0.15) is 5.82 Å². The van der Waals surface area contributed by atoms with Gasteiger partial charge in [0.15, 0.2) is 5.78 Å². The molecule has 1 aromatic carbocycles. The maximum atomic E-state index is 13.4. The Morgan fingerprint density at radius 1 is 1.20 bits per heavy atom. The Balaban J connectivity index is 1.72. The third kappa shape index (κ3) is 1.77. The Labute approximate surface area is 119 Å². The molecule has 106 valence electrons. The first-order valence-electron chi connectivity index (χ1n) is 7.79. The van der Waals surface area contributed by atoms with E-state index in [1.54, 1.807) is 12.1 Å². The predicted octanol–water partition coefficient (Wildman–Crippen LogP) is 4.61. The molecule has 2 heteroatoms. The van der Waals surface area contributed by atoms with Gasteiger partial charge in [0, 0.05) is 11.0 Å². The summed E-state index contributed by atoms with van der Waals surface area (Å²) in [5, 5.41) is 0. The van der Waals surface area contributed by atoms with Crippen molar-refractivity contribution in [3.63, 3.8) is 0 Å². The van der Waals surface area contributed by atoms with Crippen molar-refractivity contribution in [1.82, 2.24) is 0 Å². The Bertz CT molecular complexity index is 563. The SMILES string of the molecule is CC12CC3CC(C1)CC(C(=O)c1cccc(F)c1)(C3)C2. The Kier molecular flexibility index (Phi) is 2.47. The predicted molar refractivity (Wildman–Crippen MR) is 76.0 cm³/mol. The highest BCUT2D eigenvalue weighted by Gasteiger charge is 2.58. The molecule has 0 heterocycles. The lowest BCUT2D eigenvalue weighted by Crippen LogP contribution is -2.54. The Hall–Kier alpha value is -1.18. The molecule has 4 bridgehead atoms. The van der Waals surface area contributed by atoms with Gasteiger partial charge < -0.3 is 0 Å². The van der Waals surface area contributed by atoms with Gasteiger partial charge in [0.05, 0.1) is 0 Å². The molecule has 4 aliphatic rings. The summed E-state index contributed by atoms with van der Waals surface area (Å²) >= 11 is 0. The summed E-state index contributed by atoms with van der Waals surface area (Å²) in [6, 6.07) is 6.28. The van der Waals surface area contributed by atoms with E-state index < -0.39 is 0 Å². The van der Waals surface area contributed by atoms with Crippen LogP contribution in [0.1, 0.15) is 55.8 Å². The number of halogens is 1. The second-order valence-corrected chi connectivity index (χ2v) is 7.89.